The molecule has 0 amide bonds. The van der Waals surface area contributed by atoms with Crippen molar-refractivity contribution < 1.29 is 0 Å². The van der Waals surface area contributed by atoms with E-state index in [1.54, 1.807) is 17.7 Å². The fraction of sp³-hybridized carbons (Fsp3) is 0.261. The average molecular weight is 389 g/mol. The van der Waals surface area contributed by atoms with E-state index >= 15 is 0 Å². The van der Waals surface area contributed by atoms with Gasteiger partial charge in [-0.1, -0.05) is 23.8 Å². The summed E-state index contributed by atoms with van der Waals surface area (Å²) in [4.78, 5) is 16.8. The smallest absolute Gasteiger partial charge is 0.141 e. The van der Waals surface area contributed by atoms with Gasteiger partial charge in [0.2, 0.25) is 0 Å². The Bertz CT molecular complexity index is 1090. The molecule has 0 atom stereocenters. The van der Waals surface area contributed by atoms with Gasteiger partial charge >= 0.3 is 0 Å². The molecule has 0 unspecified atom stereocenters. The maximum absolute atomic E-state index is 4.71. The summed E-state index contributed by atoms with van der Waals surface area (Å²) in [6.45, 7) is 8.31. The van der Waals surface area contributed by atoms with Crippen LogP contribution >= 0.6 is 11.3 Å². The average Bonchev–Trinajstić information content (AvgIpc) is 3.14. The second-order valence-corrected chi connectivity index (χ2v) is 7.89. The minimum Gasteiger partial charge on any atom is -0.356 e. The van der Waals surface area contributed by atoms with Crippen LogP contribution in [0.5, 0.6) is 0 Å². The molecular formula is C23H24N4S. The van der Waals surface area contributed by atoms with Crippen LogP contribution in [0, 0.1) is 13.8 Å². The van der Waals surface area contributed by atoms with E-state index in [0.29, 0.717) is 0 Å². The van der Waals surface area contributed by atoms with Gasteiger partial charge in [0, 0.05) is 36.4 Å². The van der Waals surface area contributed by atoms with Crippen molar-refractivity contribution in [1.29, 1.82) is 0 Å². The molecule has 0 aliphatic carbocycles. The molecule has 28 heavy (non-hydrogen) atoms. The Morgan fingerprint density at radius 2 is 1.82 bits per heavy atom. The first-order chi connectivity index (χ1) is 13.7. The number of nitrogens with zero attached hydrogens (tertiary/aromatic N) is 4. The van der Waals surface area contributed by atoms with Crippen LogP contribution in [0.3, 0.4) is 0 Å². The molecule has 3 aromatic heterocycles. The molecule has 3 heterocycles. The van der Waals surface area contributed by atoms with Crippen molar-refractivity contribution >= 4 is 27.4 Å². The van der Waals surface area contributed by atoms with Gasteiger partial charge in [0.1, 0.15) is 17.0 Å². The molecule has 4 aromatic rings. The quantitative estimate of drug-likeness (QED) is 0.441. The molecular weight excluding hydrogens is 364 g/mol. The monoisotopic (exact) mass is 388 g/mol. The van der Waals surface area contributed by atoms with Crippen LogP contribution in [0.15, 0.2) is 54.4 Å². The standard InChI is InChI=1S/C23H24N4S/c1-4-27(12-9-18-7-10-24-11-8-18)22-21-20(14-28-23(21)26-15-25-22)19-6-5-16(2)13-17(19)3/h5-8,10-11,13-15H,4,9,12H2,1-3H3. The van der Waals surface area contributed by atoms with E-state index in [9.17, 15) is 0 Å². The fourth-order valence-corrected chi connectivity index (χ4v) is 4.54. The lowest BCUT2D eigenvalue weighted by molar-refractivity contribution is 0.796. The van der Waals surface area contributed by atoms with E-state index in [2.05, 4.69) is 71.4 Å². The second kappa shape index (κ2) is 8.07. The van der Waals surface area contributed by atoms with Gasteiger partial charge in [-0.3, -0.25) is 4.98 Å². The lowest BCUT2D eigenvalue weighted by atomic mass is 9.99. The molecule has 0 saturated heterocycles. The summed E-state index contributed by atoms with van der Waals surface area (Å²) in [5.41, 5.74) is 6.35. The van der Waals surface area contributed by atoms with E-state index in [0.717, 1.165) is 35.5 Å². The Morgan fingerprint density at radius 3 is 2.57 bits per heavy atom. The van der Waals surface area contributed by atoms with Gasteiger partial charge in [-0.25, -0.2) is 9.97 Å². The Labute approximate surface area is 169 Å². The summed E-state index contributed by atoms with van der Waals surface area (Å²) in [6.07, 6.45) is 6.36. The van der Waals surface area contributed by atoms with E-state index in [-0.39, 0.29) is 0 Å². The minimum atomic E-state index is 0.902. The number of thiophene rings is 1. The Morgan fingerprint density at radius 1 is 1.00 bits per heavy atom. The first-order valence-corrected chi connectivity index (χ1v) is 10.5. The first-order valence-electron chi connectivity index (χ1n) is 9.61. The van der Waals surface area contributed by atoms with Gasteiger partial charge < -0.3 is 4.90 Å². The molecule has 0 spiro atoms. The zero-order valence-corrected chi connectivity index (χ0v) is 17.3. The maximum Gasteiger partial charge on any atom is 0.141 e. The highest BCUT2D eigenvalue weighted by molar-refractivity contribution is 7.17. The number of rotatable bonds is 6. The molecule has 4 nitrogen and oxygen atoms in total. The van der Waals surface area contributed by atoms with Crippen molar-refractivity contribution in [3.63, 3.8) is 0 Å². The molecule has 4 rings (SSSR count). The fourth-order valence-electron chi connectivity index (χ4n) is 3.64. The van der Waals surface area contributed by atoms with E-state index in [1.165, 1.54) is 27.8 Å². The summed E-state index contributed by atoms with van der Waals surface area (Å²) in [5, 5.41) is 3.38. The molecule has 0 aliphatic heterocycles. The number of benzene rings is 1. The number of aromatic nitrogens is 3. The van der Waals surface area contributed by atoms with Crippen LogP contribution in [-0.4, -0.2) is 28.0 Å². The summed E-state index contributed by atoms with van der Waals surface area (Å²) in [7, 11) is 0. The van der Waals surface area contributed by atoms with Crippen LogP contribution in [0.25, 0.3) is 21.3 Å². The first kappa shape index (κ1) is 18.6. The Kier molecular flexibility index (Phi) is 5.35. The number of aryl methyl sites for hydroxylation is 2. The van der Waals surface area contributed by atoms with Gasteiger partial charge in [0.15, 0.2) is 0 Å². The second-order valence-electron chi connectivity index (χ2n) is 7.03. The van der Waals surface area contributed by atoms with Gasteiger partial charge in [0.05, 0.1) is 5.39 Å². The van der Waals surface area contributed by atoms with E-state index in [4.69, 9.17) is 4.98 Å². The molecule has 0 radical (unpaired) electrons. The summed E-state index contributed by atoms with van der Waals surface area (Å²) in [6, 6.07) is 10.8. The van der Waals surface area contributed by atoms with Crippen LogP contribution < -0.4 is 4.90 Å². The predicted octanol–water partition coefficient (Wildman–Crippen LogP) is 5.44. The highest BCUT2D eigenvalue weighted by Crippen LogP contribution is 2.39. The SMILES string of the molecule is CCN(CCc1ccncc1)c1ncnc2scc(-c3ccc(C)cc3C)c12. The number of fused-ring (bicyclic) bond motifs is 1. The summed E-state index contributed by atoms with van der Waals surface area (Å²) < 4.78 is 0. The molecule has 0 fully saturated rings. The van der Waals surface area contributed by atoms with Crippen LogP contribution in [0.4, 0.5) is 5.82 Å². The normalized spacial score (nSPS) is 11.1. The zero-order valence-electron chi connectivity index (χ0n) is 16.5. The predicted molar refractivity (Wildman–Crippen MR) is 118 cm³/mol. The molecule has 5 heteroatoms. The lowest BCUT2D eigenvalue weighted by Gasteiger charge is -2.23. The largest absolute Gasteiger partial charge is 0.356 e. The number of likely N-dealkylation sites (N-methyl/N-ethyl adjacent to an activating group) is 1. The summed E-state index contributed by atoms with van der Waals surface area (Å²) in [5.74, 6) is 1.03. The van der Waals surface area contributed by atoms with Gasteiger partial charge in [0.25, 0.3) is 0 Å². The molecule has 142 valence electrons. The van der Waals surface area contributed by atoms with Gasteiger partial charge in [-0.05, 0) is 56.0 Å². The number of hydrogen-bond acceptors (Lipinski definition) is 5. The number of anilines is 1. The number of pyridine rings is 1. The minimum absolute atomic E-state index is 0.902. The highest BCUT2D eigenvalue weighted by Gasteiger charge is 2.18. The van der Waals surface area contributed by atoms with Crippen molar-refractivity contribution in [2.24, 2.45) is 0 Å². The van der Waals surface area contributed by atoms with Crippen molar-refractivity contribution in [3.8, 4) is 11.1 Å². The molecule has 0 saturated carbocycles. The van der Waals surface area contributed by atoms with Crippen LogP contribution in [0.2, 0.25) is 0 Å². The third-order valence-corrected chi connectivity index (χ3v) is 6.01. The number of hydrogen-bond donors (Lipinski definition) is 0. The summed E-state index contributed by atoms with van der Waals surface area (Å²) >= 11 is 1.69. The van der Waals surface area contributed by atoms with E-state index in [1.807, 2.05) is 12.4 Å². The highest BCUT2D eigenvalue weighted by atomic mass is 32.1. The maximum atomic E-state index is 4.71. The van der Waals surface area contributed by atoms with Gasteiger partial charge in [-0.15, -0.1) is 11.3 Å². The molecule has 0 aliphatic rings. The van der Waals surface area contributed by atoms with Gasteiger partial charge in [-0.2, -0.15) is 0 Å². The topological polar surface area (TPSA) is 41.9 Å². The van der Waals surface area contributed by atoms with Crippen molar-refractivity contribution in [3.05, 3.63) is 71.1 Å². The molecule has 0 N–H and O–H groups in total. The zero-order chi connectivity index (χ0) is 19.5. The van der Waals surface area contributed by atoms with E-state index < -0.39 is 0 Å². The third-order valence-electron chi connectivity index (χ3n) is 5.12. The van der Waals surface area contributed by atoms with Crippen molar-refractivity contribution in [2.75, 3.05) is 18.0 Å². The van der Waals surface area contributed by atoms with Crippen LogP contribution in [0.1, 0.15) is 23.6 Å². The molecule has 1 aromatic carbocycles. The third kappa shape index (κ3) is 3.62. The molecule has 0 bridgehead atoms. The van der Waals surface area contributed by atoms with Crippen molar-refractivity contribution in [2.45, 2.75) is 27.2 Å². The Balaban J connectivity index is 1.75. The lowest BCUT2D eigenvalue weighted by Crippen LogP contribution is -2.26. The van der Waals surface area contributed by atoms with Crippen LogP contribution in [-0.2, 0) is 6.42 Å². The Hall–Kier alpha value is -2.79. The van der Waals surface area contributed by atoms with Crippen molar-refractivity contribution in [1.82, 2.24) is 15.0 Å².